The van der Waals surface area contributed by atoms with E-state index in [1.807, 2.05) is 12.1 Å². The fourth-order valence-corrected chi connectivity index (χ4v) is 2.40. The molecule has 0 aromatic heterocycles. The Hall–Kier alpha value is -0.640. The number of nitrogens with zero attached hydrogens (tertiary/aromatic N) is 1. The SMILES string of the molecule is CC(CN1CCNCC1C)c1ccc(F)cc1.Cl. The van der Waals surface area contributed by atoms with Gasteiger partial charge in [0.25, 0.3) is 0 Å². The van der Waals surface area contributed by atoms with Crippen LogP contribution in [0.1, 0.15) is 25.3 Å². The van der Waals surface area contributed by atoms with Crippen molar-refractivity contribution in [3.05, 3.63) is 35.6 Å². The van der Waals surface area contributed by atoms with E-state index in [9.17, 15) is 4.39 Å². The minimum absolute atomic E-state index is 0. The zero-order chi connectivity index (χ0) is 12.3. The number of halogens is 2. The monoisotopic (exact) mass is 272 g/mol. The fourth-order valence-electron chi connectivity index (χ4n) is 2.40. The van der Waals surface area contributed by atoms with Gasteiger partial charge in [-0.25, -0.2) is 4.39 Å². The van der Waals surface area contributed by atoms with Gasteiger partial charge >= 0.3 is 0 Å². The highest BCUT2D eigenvalue weighted by atomic mass is 35.5. The van der Waals surface area contributed by atoms with E-state index in [1.54, 1.807) is 12.1 Å². The largest absolute Gasteiger partial charge is 0.314 e. The average Bonchev–Trinajstić information content (AvgIpc) is 2.33. The Morgan fingerprint density at radius 2 is 2.06 bits per heavy atom. The number of hydrogen-bond acceptors (Lipinski definition) is 2. The Labute approximate surface area is 115 Å². The first kappa shape index (κ1) is 15.4. The molecule has 1 fully saturated rings. The smallest absolute Gasteiger partial charge is 0.123 e. The van der Waals surface area contributed by atoms with Crippen molar-refractivity contribution >= 4 is 12.4 Å². The van der Waals surface area contributed by atoms with E-state index in [-0.39, 0.29) is 18.2 Å². The summed E-state index contributed by atoms with van der Waals surface area (Å²) in [5.74, 6) is 0.299. The lowest BCUT2D eigenvalue weighted by atomic mass is 9.99. The lowest BCUT2D eigenvalue weighted by Crippen LogP contribution is -2.50. The van der Waals surface area contributed by atoms with Crippen LogP contribution < -0.4 is 5.32 Å². The van der Waals surface area contributed by atoms with Gasteiger partial charge in [-0.1, -0.05) is 19.1 Å². The predicted molar refractivity (Wildman–Crippen MR) is 76.0 cm³/mol. The number of nitrogens with one attached hydrogen (secondary N) is 1. The summed E-state index contributed by atoms with van der Waals surface area (Å²) in [4.78, 5) is 2.50. The summed E-state index contributed by atoms with van der Waals surface area (Å²) >= 11 is 0. The summed E-state index contributed by atoms with van der Waals surface area (Å²) in [7, 11) is 0. The molecule has 1 N–H and O–H groups in total. The van der Waals surface area contributed by atoms with E-state index in [1.165, 1.54) is 5.56 Å². The summed E-state index contributed by atoms with van der Waals surface area (Å²) in [6, 6.07) is 7.48. The molecule has 0 amide bonds. The maximum Gasteiger partial charge on any atom is 0.123 e. The Balaban J connectivity index is 0.00000162. The Bertz CT molecular complexity index is 355. The van der Waals surface area contributed by atoms with Crippen LogP contribution in [0.5, 0.6) is 0 Å². The molecule has 1 aliphatic heterocycles. The van der Waals surface area contributed by atoms with E-state index < -0.39 is 0 Å². The van der Waals surface area contributed by atoms with Crippen LogP contribution >= 0.6 is 12.4 Å². The van der Waals surface area contributed by atoms with Crippen molar-refractivity contribution in [1.29, 1.82) is 0 Å². The van der Waals surface area contributed by atoms with Crippen LogP contribution in [0.2, 0.25) is 0 Å². The van der Waals surface area contributed by atoms with Gasteiger partial charge in [-0.2, -0.15) is 0 Å². The van der Waals surface area contributed by atoms with Crippen LogP contribution in [-0.4, -0.2) is 37.1 Å². The summed E-state index contributed by atoms with van der Waals surface area (Å²) in [6.07, 6.45) is 0. The molecule has 1 heterocycles. The quantitative estimate of drug-likeness (QED) is 0.910. The van der Waals surface area contributed by atoms with Crippen molar-refractivity contribution in [3.8, 4) is 0 Å². The Kier molecular flexibility index (Phi) is 6.06. The molecule has 1 aromatic carbocycles. The second-order valence-electron chi connectivity index (χ2n) is 5.00. The number of rotatable bonds is 3. The first-order valence-electron chi connectivity index (χ1n) is 6.37. The lowest BCUT2D eigenvalue weighted by Gasteiger charge is -2.35. The zero-order valence-corrected chi connectivity index (χ0v) is 11.8. The number of hydrogen-bond donors (Lipinski definition) is 1. The highest BCUT2D eigenvalue weighted by Gasteiger charge is 2.20. The minimum Gasteiger partial charge on any atom is -0.314 e. The number of piperazine rings is 1. The molecule has 0 saturated carbocycles. The zero-order valence-electron chi connectivity index (χ0n) is 11.0. The second-order valence-corrected chi connectivity index (χ2v) is 5.00. The summed E-state index contributed by atoms with van der Waals surface area (Å²) in [5, 5.41) is 3.39. The highest BCUT2D eigenvalue weighted by Crippen LogP contribution is 2.18. The topological polar surface area (TPSA) is 15.3 Å². The molecule has 2 unspecified atom stereocenters. The molecule has 1 aliphatic rings. The van der Waals surface area contributed by atoms with Gasteiger partial charge in [0.2, 0.25) is 0 Å². The van der Waals surface area contributed by atoms with Gasteiger partial charge in [-0.15, -0.1) is 12.4 Å². The van der Waals surface area contributed by atoms with Crippen LogP contribution in [0.15, 0.2) is 24.3 Å². The first-order chi connectivity index (χ1) is 8.16. The van der Waals surface area contributed by atoms with Gasteiger partial charge in [0.15, 0.2) is 0 Å². The van der Waals surface area contributed by atoms with Crippen LogP contribution in [0.3, 0.4) is 0 Å². The van der Waals surface area contributed by atoms with Crippen LogP contribution in [0, 0.1) is 5.82 Å². The van der Waals surface area contributed by atoms with Gasteiger partial charge in [-0.05, 0) is 30.5 Å². The molecular weight excluding hydrogens is 251 g/mol. The first-order valence-corrected chi connectivity index (χ1v) is 6.37. The molecule has 18 heavy (non-hydrogen) atoms. The molecule has 0 spiro atoms. The third-order valence-electron chi connectivity index (χ3n) is 3.59. The number of benzene rings is 1. The maximum atomic E-state index is 12.9. The van der Waals surface area contributed by atoms with Crippen LogP contribution in [-0.2, 0) is 0 Å². The molecule has 2 rings (SSSR count). The van der Waals surface area contributed by atoms with Gasteiger partial charge in [0.1, 0.15) is 5.82 Å². The molecule has 102 valence electrons. The maximum absolute atomic E-state index is 12.9. The lowest BCUT2D eigenvalue weighted by molar-refractivity contribution is 0.166. The Morgan fingerprint density at radius 3 is 2.67 bits per heavy atom. The van der Waals surface area contributed by atoms with Crippen molar-refractivity contribution in [3.63, 3.8) is 0 Å². The van der Waals surface area contributed by atoms with E-state index >= 15 is 0 Å². The van der Waals surface area contributed by atoms with Crippen molar-refractivity contribution < 1.29 is 4.39 Å². The van der Waals surface area contributed by atoms with Crippen molar-refractivity contribution in [2.75, 3.05) is 26.2 Å². The molecular formula is C14H22ClFN2. The van der Waals surface area contributed by atoms with E-state index in [2.05, 4.69) is 24.1 Å². The van der Waals surface area contributed by atoms with Gasteiger partial charge < -0.3 is 5.32 Å². The van der Waals surface area contributed by atoms with Crippen molar-refractivity contribution in [2.45, 2.75) is 25.8 Å². The average molecular weight is 273 g/mol. The molecule has 0 radical (unpaired) electrons. The predicted octanol–water partition coefficient (Wildman–Crippen LogP) is 2.64. The Morgan fingerprint density at radius 1 is 1.39 bits per heavy atom. The molecule has 2 nitrogen and oxygen atoms in total. The van der Waals surface area contributed by atoms with E-state index in [4.69, 9.17) is 0 Å². The van der Waals surface area contributed by atoms with Crippen molar-refractivity contribution in [1.82, 2.24) is 10.2 Å². The van der Waals surface area contributed by atoms with Crippen molar-refractivity contribution in [2.24, 2.45) is 0 Å². The normalized spacial score (nSPS) is 22.3. The summed E-state index contributed by atoms with van der Waals surface area (Å²) in [5.41, 5.74) is 1.22. The second kappa shape index (κ2) is 7.07. The van der Waals surface area contributed by atoms with E-state index in [0.29, 0.717) is 12.0 Å². The highest BCUT2D eigenvalue weighted by molar-refractivity contribution is 5.85. The molecule has 0 bridgehead atoms. The fraction of sp³-hybridized carbons (Fsp3) is 0.571. The summed E-state index contributed by atoms with van der Waals surface area (Å²) < 4.78 is 12.9. The molecule has 0 aliphatic carbocycles. The van der Waals surface area contributed by atoms with Gasteiger partial charge in [0, 0.05) is 32.2 Å². The standard InChI is InChI=1S/C14H21FN2.ClH/c1-11(13-3-5-14(15)6-4-13)10-17-8-7-16-9-12(17)2;/h3-6,11-12,16H,7-10H2,1-2H3;1H. The third kappa shape index (κ3) is 3.94. The summed E-state index contributed by atoms with van der Waals surface area (Å²) in [6.45, 7) is 8.75. The van der Waals surface area contributed by atoms with Crippen LogP contribution in [0.25, 0.3) is 0 Å². The third-order valence-corrected chi connectivity index (χ3v) is 3.59. The molecule has 1 aromatic rings. The minimum atomic E-state index is -0.156. The molecule has 4 heteroatoms. The molecule has 2 atom stereocenters. The van der Waals surface area contributed by atoms with Gasteiger partial charge in [0.05, 0.1) is 0 Å². The van der Waals surface area contributed by atoms with E-state index in [0.717, 1.165) is 26.2 Å². The van der Waals surface area contributed by atoms with Crippen LogP contribution in [0.4, 0.5) is 4.39 Å². The van der Waals surface area contributed by atoms with Gasteiger partial charge in [-0.3, -0.25) is 4.90 Å². The molecule has 1 saturated heterocycles.